The molecule has 0 aromatic heterocycles. The Bertz CT molecular complexity index is 477. The number of primary amides is 1. The minimum Gasteiger partial charge on any atom is -0.484 e. The molecule has 2 atom stereocenters. The highest BCUT2D eigenvalue weighted by atomic mass is 32.2. The van der Waals surface area contributed by atoms with Gasteiger partial charge in [0.1, 0.15) is 11.8 Å². The third-order valence-corrected chi connectivity index (χ3v) is 3.91. The molecule has 6 nitrogen and oxygen atoms in total. The summed E-state index contributed by atoms with van der Waals surface area (Å²) in [4.78, 5) is 21.4. The van der Waals surface area contributed by atoms with E-state index in [1.165, 1.54) is 0 Å². The summed E-state index contributed by atoms with van der Waals surface area (Å²) in [6.07, 6.45) is 0. The molecule has 0 saturated carbocycles. The Labute approximate surface area is 114 Å². The molecule has 1 aliphatic rings. The van der Waals surface area contributed by atoms with Gasteiger partial charge in [0.25, 0.3) is 5.91 Å². The number of carboxylic acids is 1. The number of benzene rings is 1. The Kier molecular flexibility index (Phi) is 4.28. The van der Waals surface area contributed by atoms with Gasteiger partial charge in [0.05, 0.1) is 5.37 Å². The molecule has 102 valence electrons. The van der Waals surface area contributed by atoms with E-state index in [9.17, 15) is 9.59 Å². The Hall–Kier alpha value is -1.73. The lowest BCUT2D eigenvalue weighted by atomic mass is 10.2. The molecule has 1 fully saturated rings. The fourth-order valence-electron chi connectivity index (χ4n) is 1.70. The normalized spacial score (nSPS) is 22.1. The van der Waals surface area contributed by atoms with E-state index in [0.717, 1.165) is 5.56 Å². The summed E-state index contributed by atoms with van der Waals surface area (Å²) in [6, 6.07) is 6.63. The standard InChI is InChI=1S/C12H14N2O4S/c13-10(15)5-18-8-3-1-7(2-4-8)11-14-9(6-19-11)12(16)17/h1-4,9,11,14H,5-6H2,(H2,13,15)(H,16,17). The monoisotopic (exact) mass is 282 g/mol. The SMILES string of the molecule is NC(=O)COc1ccc(C2NC(C(=O)O)CS2)cc1. The first-order chi connectivity index (χ1) is 9.06. The molecular formula is C12H14N2O4S. The van der Waals surface area contributed by atoms with Crippen LogP contribution in [0.1, 0.15) is 10.9 Å². The number of rotatable bonds is 5. The maximum Gasteiger partial charge on any atom is 0.321 e. The minimum absolute atomic E-state index is 0.0358. The van der Waals surface area contributed by atoms with Gasteiger partial charge in [-0.05, 0) is 17.7 Å². The number of hydrogen-bond acceptors (Lipinski definition) is 5. The summed E-state index contributed by atoms with van der Waals surface area (Å²) >= 11 is 1.55. The van der Waals surface area contributed by atoms with E-state index in [2.05, 4.69) is 5.32 Å². The van der Waals surface area contributed by atoms with Crippen molar-refractivity contribution in [1.82, 2.24) is 5.32 Å². The molecule has 2 rings (SSSR count). The highest BCUT2D eigenvalue weighted by molar-refractivity contribution is 7.99. The lowest BCUT2D eigenvalue weighted by Gasteiger charge is -2.12. The van der Waals surface area contributed by atoms with Crippen LogP contribution in [0.15, 0.2) is 24.3 Å². The number of thioether (sulfide) groups is 1. The first-order valence-corrected chi connectivity index (χ1v) is 6.72. The highest BCUT2D eigenvalue weighted by Gasteiger charge is 2.30. The van der Waals surface area contributed by atoms with Crippen molar-refractivity contribution in [2.24, 2.45) is 5.73 Å². The zero-order chi connectivity index (χ0) is 13.8. The van der Waals surface area contributed by atoms with Crippen molar-refractivity contribution in [3.63, 3.8) is 0 Å². The number of nitrogens with one attached hydrogen (secondary N) is 1. The van der Waals surface area contributed by atoms with Crippen molar-refractivity contribution in [3.8, 4) is 5.75 Å². The maximum absolute atomic E-state index is 10.8. The Balaban J connectivity index is 1.95. The molecule has 19 heavy (non-hydrogen) atoms. The molecule has 7 heteroatoms. The second kappa shape index (κ2) is 5.94. The zero-order valence-corrected chi connectivity index (χ0v) is 10.9. The molecule has 2 unspecified atom stereocenters. The van der Waals surface area contributed by atoms with Crippen LogP contribution in [-0.2, 0) is 9.59 Å². The van der Waals surface area contributed by atoms with E-state index in [1.807, 2.05) is 12.1 Å². The number of aliphatic carboxylic acids is 1. The number of hydrogen-bond donors (Lipinski definition) is 3. The molecule has 0 radical (unpaired) electrons. The largest absolute Gasteiger partial charge is 0.484 e. The van der Waals surface area contributed by atoms with Crippen molar-refractivity contribution < 1.29 is 19.4 Å². The molecule has 1 aliphatic heterocycles. The van der Waals surface area contributed by atoms with Crippen LogP contribution in [-0.4, -0.2) is 35.4 Å². The predicted molar refractivity (Wildman–Crippen MR) is 70.9 cm³/mol. The average molecular weight is 282 g/mol. The molecule has 1 aromatic carbocycles. The Morgan fingerprint density at radius 2 is 2.11 bits per heavy atom. The van der Waals surface area contributed by atoms with Crippen LogP contribution in [0.4, 0.5) is 0 Å². The molecule has 0 spiro atoms. The quantitative estimate of drug-likeness (QED) is 0.720. The summed E-state index contributed by atoms with van der Waals surface area (Å²) in [6.45, 7) is -0.156. The van der Waals surface area contributed by atoms with Crippen LogP contribution < -0.4 is 15.8 Å². The van der Waals surface area contributed by atoms with Gasteiger partial charge in [0.15, 0.2) is 6.61 Å². The van der Waals surface area contributed by atoms with Crippen LogP contribution in [0.5, 0.6) is 5.75 Å². The second-order valence-electron chi connectivity index (χ2n) is 4.09. The fourth-order valence-corrected chi connectivity index (χ4v) is 2.93. The predicted octanol–water partition coefficient (Wildman–Crippen LogP) is 0.339. The van der Waals surface area contributed by atoms with Crippen molar-refractivity contribution in [3.05, 3.63) is 29.8 Å². The average Bonchev–Trinajstić information content (AvgIpc) is 2.86. The van der Waals surface area contributed by atoms with E-state index in [4.69, 9.17) is 15.6 Å². The molecule has 4 N–H and O–H groups in total. The second-order valence-corrected chi connectivity index (χ2v) is 5.23. The van der Waals surface area contributed by atoms with E-state index in [-0.39, 0.29) is 12.0 Å². The van der Waals surface area contributed by atoms with Crippen LogP contribution in [0.2, 0.25) is 0 Å². The van der Waals surface area contributed by atoms with Crippen molar-refractivity contribution in [1.29, 1.82) is 0 Å². The Morgan fingerprint density at radius 1 is 1.42 bits per heavy atom. The molecule has 0 aliphatic carbocycles. The molecule has 1 saturated heterocycles. The summed E-state index contributed by atoms with van der Waals surface area (Å²) < 4.78 is 5.15. The number of carbonyl (C=O) groups excluding carboxylic acids is 1. The molecular weight excluding hydrogens is 268 g/mol. The van der Waals surface area contributed by atoms with Crippen LogP contribution >= 0.6 is 11.8 Å². The van der Waals surface area contributed by atoms with Crippen LogP contribution in [0, 0.1) is 0 Å². The van der Waals surface area contributed by atoms with Gasteiger partial charge in [0, 0.05) is 5.75 Å². The molecule has 0 bridgehead atoms. The van der Waals surface area contributed by atoms with Crippen LogP contribution in [0.3, 0.4) is 0 Å². The van der Waals surface area contributed by atoms with Crippen molar-refractivity contribution in [2.45, 2.75) is 11.4 Å². The smallest absolute Gasteiger partial charge is 0.321 e. The van der Waals surface area contributed by atoms with Gasteiger partial charge in [-0.3, -0.25) is 14.9 Å². The van der Waals surface area contributed by atoms with Gasteiger partial charge < -0.3 is 15.6 Å². The lowest BCUT2D eigenvalue weighted by Crippen LogP contribution is -2.33. The summed E-state index contributed by atoms with van der Waals surface area (Å²) in [5.74, 6) is -0.266. The summed E-state index contributed by atoms with van der Waals surface area (Å²) in [5.41, 5.74) is 5.95. The van der Waals surface area contributed by atoms with Crippen molar-refractivity contribution in [2.75, 3.05) is 12.4 Å². The van der Waals surface area contributed by atoms with Gasteiger partial charge in [0.2, 0.25) is 0 Å². The van der Waals surface area contributed by atoms with E-state index in [1.54, 1.807) is 23.9 Å². The number of carbonyl (C=O) groups is 2. The number of carboxylic acid groups (broad SMARTS) is 1. The zero-order valence-electron chi connectivity index (χ0n) is 10.0. The maximum atomic E-state index is 10.8. The van der Waals surface area contributed by atoms with Gasteiger partial charge in [-0.15, -0.1) is 11.8 Å². The van der Waals surface area contributed by atoms with Crippen LogP contribution in [0.25, 0.3) is 0 Å². The minimum atomic E-state index is -0.837. The van der Waals surface area contributed by atoms with Gasteiger partial charge in [-0.1, -0.05) is 12.1 Å². The third-order valence-electron chi connectivity index (χ3n) is 2.64. The van der Waals surface area contributed by atoms with Gasteiger partial charge in [-0.25, -0.2) is 0 Å². The number of amides is 1. The molecule has 1 amide bonds. The summed E-state index contributed by atoms with van der Waals surface area (Å²) in [7, 11) is 0. The highest BCUT2D eigenvalue weighted by Crippen LogP contribution is 2.33. The first-order valence-electron chi connectivity index (χ1n) is 5.68. The molecule has 1 aromatic rings. The van der Waals surface area contributed by atoms with E-state index in [0.29, 0.717) is 11.5 Å². The van der Waals surface area contributed by atoms with Gasteiger partial charge in [-0.2, -0.15) is 0 Å². The lowest BCUT2D eigenvalue weighted by molar-refractivity contribution is -0.138. The summed E-state index contributed by atoms with van der Waals surface area (Å²) in [5, 5.41) is 11.9. The van der Waals surface area contributed by atoms with E-state index < -0.39 is 17.9 Å². The number of nitrogens with two attached hydrogens (primary N) is 1. The topological polar surface area (TPSA) is 102 Å². The Morgan fingerprint density at radius 3 is 2.63 bits per heavy atom. The molecule has 1 heterocycles. The number of ether oxygens (including phenoxy) is 1. The van der Waals surface area contributed by atoms with Crippen molar-refractivity contribution >= 4 is 23.6 Å². The fraction of sp³-hybridized carbons (Fsp3) is 0.333. The third kappa shape index (κ3) is 3.62. The first kappa shape index (κ1) is 13.7. The van der Waals surface area contributed by atoms with E-state index >= 15 is 0 Å². The van der Waals surface area contributed by atoms with Gasteiger partial charge >= 0.3 is 5.97 Å².